The lowest BCUT2D eigenvalue weighted by Crippen LogP contribution is -2.29. The maximum Gasteiger partial charge on any atom is 0.472 e. The van der Waals surface area contributed by atoms with E-state index in [4.69, 9.17) is 24.3 Å². The molecule has 2 unspecified atom stereocenters. The van der Waals surface area contributed by atoms with Crippen LogP contribution in [0.4, 0.5) is 0 Å². The molecule has 0 aliphatic carbocycles. The maximum absolute atomic E-state index is 12.6. The van der Waals surface area contributed by atoms with Crippen molar-refractivity contribution in [1.29, 1.82) is 0 Å². The molecular weight excluding hydrogens is 713 g/mol. The first kappa shape index (κ1) is 52.2. The first-order chi connectivity index (χ1) is 26.8. The van der Waals surface area contributed by atoms with Gasteiger partial charge in [0.1, 0.15) is 6.61 Å². The second kappa shape index (κ2) is 40.8. The van der Waals surface area contributed by atoms with E-state index in [2.05, 4.69) is 86.8 Å². The van der Waals surface area contributed by atoms with Crippen molar-refractivity contribution < 1.29 is 37.6 Å². The second-order valence-electron chi connectivity index (χ2n) is 13.5. The number of hydrogen-bond donors (Lipinski definition) is 2. The summed E-state index contributed by atoms with van der Waals surface area (Å²) in [6.07, 6.45) is 50.5. The number of phosphoric acid groups is 1. The third-order valence-electron chi connectivity index (χ3n) is 8.27. The molecule has 0 saturated carbocycles. The lowest BCUT2D eigenvalue weighted by Gasteiger charge is -2.19. The number of ether oxygens (including phenoxy) is 2. The van der Waals surface area contributed by atoms with Gasteiger partial charge in [0.25, 0.3) is 0 Å². The van der Waals surface area contributed by atoms with Crippen molar-refractivity contribution in [1.82, 2.24) is 0 Å². The van der Waals surface area contributed by atoms with Crippen LogP contribution in [-0.4, -0.2) is 49.3 Å². The quantitative estimate of drug-likeness (QED) is 0.0271. The fourth-order valence-electron chi connectivity index (χ4n) is 5.12. The van der Waals surface area contributed by atoms with Gasteiger partial charge in [0.2, 0.25) is 0 Å². The van der Waals surface area contributed by atoms with E-state index >= 15 is 0 Å². The van der Waals surface area contributed by atoms with Gasteiger partial charge in [-0.05, 0) is 83.5 Å². The summed E-state index contributed by atoms with van der Waals surface area (Å²) in [5, 5.41) is 0. The lowest BCUT2D eigenvalue weighted by atomic mass is 10.1. The van der Waals surface area contributed by atoms with E-state index < -0.39 is 32.5 Å². The van der Waals surface area contributed by atoms with Gasteiger partial charge < -0.3 is 20.1 Å². The second-order valence-corrected chi connectivity index (χ2v) is 14.9. The number of nitrogens with two attached hydrogens (primary N) is 1. The zero-order valence-electron chi connectivity index (χ0n) is 34.4. The average Bonchev–Trinajstić information content (AvgIpc) is 3.17. The Labute approximate surface area is 334 Å². The predicted octanol–water partition coefficient (Wildman–Crippen LogP) is 12.0. The fourth-order valence-corrected chi connectivity index (χ4v) is 5.88. The van der Waals surface area contributed by atoms with E-state index in [0.717, 1.165) is 64.2 Å². The van der Waals surface area contributed by atoms with Gasteiger partial charge in [0, 0.05) is 19.4 Å². The number of unbranched alkanes of at least 4 members (excludes halogenated alkanes) is 11. The first-order valence-corrected chi connectivity index (χ1v) is 22.6. The molecular formula is C45H76NO8P. The van der Waals surface area contributed by atoms with Gasteiger partial charge in [-0.25, -0.2) is 4.57 Å². The van der Waals surface area contributed by atoms with Crippen molar-refractivity contribution in [3.05, 3.63) is 85.1 Å². The first-order valence-electron chi connectivity index (χ1n) is 21.1. The molecule has 0 saturated heterocycles. The van der Waals surface area contributed by atoms with Crippen LogP contribution in [0.2, 0.25) is 0 Å². The van der Waals surface area contributed by atoms with Crippen LogP contribution in [0.25, 0.3) is 0 Å². The molecule has 0 heterocycles. The number of carbonyl (C=O) groups is 2. The third kappa shape index (κ3) is 40.7. The molecule has 0 radical (unpaired) electrons. The smallest absolute Gasteiger partial charge is 0.462 e. The summed E-state index contributed by atoms with van der Waals surface area (Å²) in [4.78, 5) is 34.8. The Morgan fingerprint density at radius 1 is 0.545 bits per heavy atom. The highest BCUT2D eigenvalue weighted by Crippen LogP contribution is 2.43. The van der Waals surface area contributed by atoms with E-state index in [1.54, 1.807) is 0 Å². The summed E-state index contributed by atoms with van der Waals surface area (Å²) in [6, 6.07) is 0. The molecule has 0 aromatic rings. The predicted molar refractivity (Wildman–Crippen MR) is 229 cm³/mol. The molecule has 0 aliphatic rings. The van der Waals surface area contributed by atoms with Crippen LogP contribution in [0.15, 0.2) is 85.1 Å². The number of hydrogen-bond acceptors (Lipinski definition) is 8. The van der Waals surface area contributed by atoms with Crippen molar-refractivity contribution in [3.63, 3.8) is 0 Å². The Kier molecular flexibility index (Phi) is 38.8. The summed E-state index contributed by atoms with van der Waals surface area (Å²) in [5.74, 6) is -0.950. The fraction of sp³-hybridized carbons (Fsp3) is 0.644. The molecule has 10 heteroatoms. The summed E-state index contributed by atoms with van der Waals surface area (Å²) in [6.45, 7) is 3.55. The number of esters is 2. The topological polar surface area (TPSA) is 134 Å². The van der Waals surface area contributed by atoms with Crippen LogP contribution in [-0.2, 0) is 32.7 Å². The molecule has 0 bridgehead atoms. The van der Waals surface area contributed by atoms with Gasteiger partial charge in [-0.3, -0.25) is 18.6 Å². The van der Waals surface area contributed by atoms with Crippen molar-refractivity contribution in [2.24, 2.45) is 5.73 Å². The number of carbonyl (C=O) groups excluding carboxylic acids is 2. The highest BCUT2D eigenvalue weighted by atomic mass is 31.2. The molecule has 9 nitrogen and oxygen atoms in total. The highest BCUT2D eigenvalue weighted by Gasteiger charge is 2.25. The number of rotatable bonds is 38. The molecule has 0 aliphatic heterocycles. The van der Waals surface area contributed by atoms with Gasteiger partial charge in [-0.15, -0.1) is 0 Å². The van der Waals surface area contributed by atoms with Crippen molar-refractivity contribution in [2.75, 3.05) is 26.4 Å². The largest absolute Gasteiger partial charge is 0.472 e. The molecule has 0 fully saturated rings. The SMILES string of the molecule is CCCCCC=CCC=CCC=CCC=CCC=CCCC(=O)OCC(COP(=O)(O)OCCN)OC(=O)CCCCCCCC=CCC=CCCCCC. The van der Waals surface area contributed by atoms with E-state index in [1.165, 1.54) is 51.4 Å². The summed E-state index contributed by atoms with van der Waals surface area (Å²) in [7, 11) is -4.40. The Balaban J connectivity index is 4.34. The van der Waals surface area contributed by atoms with Gasteiger partial charge in [-0.2, -0.15) is 0 Å². The Bertz CT molecular complexity index is 1170. The van der Waals surface area contributed by atoms with Crippen molar-refractivity contribution in [2.45, 2.75) is 161 Å². The van der Waals surface area contributed by atoms with Crippen molar-refractivity contribution in [3.8, 4) is 0 Å². The molecule has 0 rings (SSSR count). The van der Waals surface area contributed by atoms with E-state index in [0.29, 0.717) is 12.8 Å². The van der Waals surface area contributed by atoms with Crippen molar-refractivity contribution >= 4 is 19.8 Å². The molecule has 55 heavy (non-hydrogen) atoms. The third-order valence-corrected chi connectivity index (χ3v) is 9.25. The molecule has 314 valence electrons. The minimum Gasteiger partial charge on any atom is -0.462 e. The summed E-state index contributed by atoms with van der Waals surface area (Å²) >= 11 is 0. The Hall–Kier alpha value is -2.81. The average molecular weight is 790 g/mol. The van der Waals surface area contributed by atoms with E-state index in [-0.39, 0.29) is 32.6 Å². The van der Waals surface area contributed by atoms with Gasteiger partial charge in [0.05, 0.1) is 13.2 Å². The van der Waals surface area contributed by atoms with Crippen LogP contribution in [0.5, 0.6) is 0 Å². The molecule has 0 aromatic carbocycles. The van der Waals surface area contributed by atoms with Gasteiger partial charge in [0.15, 0.2) is 6.10 Å². The molecule has 0 spiro atoms. The van der Waals surface area contributed by atoms with Crippen LogP contribution < -0.4 is 5.73 Å². The normalized spacial score (nSPS) is 14.2. The molecule has 0 amide bonds. The minimum atomic E-state index is -4.40. The number of phosphoric ester groups is 1. The number of allylic oxidation sites excluding steroid dienone is 14. The van der Waals surface area contributed by atoms with E-state index in [9.17, 15) is 19.0 Å². The summed E-state index contributed by atoms with van der Waals surface area (Å²) < 4.78 is 32.6. The summed E-state index contributed by atoms with van der Waals surface area (Å²) in [5.41, 5.74) is 5.34. The monoisotopic (exact) mass is 790 g/mol. The maximum atomic E-state index is 12.6. The molecule has 0 aromatic heterocycles. The Morgan fingerprint density at radius 2 is 0.982 bits per heavy atom. The van der Waals surface area contributed by atoms with Gasteiger partial charge >= 0.3 is 19.8 Å². The molecule has 3 N–H and O–H groups in total. The van der Waals surface area contributed by atoms with Crippen LogP contribution in [0.3, 0.4) is 0 Å². The Morgan fingerprint density at radius 3 is 1.47 bits per heavy atom. The standard InChI is InChI=1S/C45H76NO8P/c1-3-5-7-9-11-13-15-17-19-20-21-22-24-25-27-29-31-33-35-37-44(47)51-41-43(42-53-55(49,50)52-40-39-46)54-45(48)38-36-34-32-30-28-26-23-18-16-14-12-10-8-6-4-2/h11-14,17-19,21-23,25,27,31,33,43H,3-10,15-16,20,24,26,28-30,32,34-42,46H2,1-2H3,(H,49,50). The zero-order valence-corrected chi connectivity index (χ0v) is 35.3. The zero-order chi connectivity index (χ0) is 40.3. The van der Waals surface area contributed by atoms with Crippen LogP contribution in [0.1, 0.15) is 155 Å². The molecule has 2 atom stereocenters. The lowest BCUT2D eigenvalue weighted by molar-refractivity contribution is -0.161. The minimum absolute atomic E-state index is 0.0372. The highest BCUT2D eigenvalue weighted by molar-refractivity contribution is 7.47. The van der Waals surface area contributed by atoms with Crippen LogP contribution >= 0.6 is 7.82 Å². The van der Waals surface area contributed by atoms with E-state index in [1.807, 2.05) is 12.2 Å². The van der Waals surface area contributed by atoms with Gasteiger partial charge in [-0.1, -0.05) is 144 Å². The van der Waals surface area contributed by atoms with Crippen LogP contribution in [0, 0.1) is 0 Å².